The molecule has 4 heterocycles. The smallest absolute Gasteiger partial charge is 0.418 e. The van der Waals surface area contributed by atoms with E-state index >= 15 is 0 Å². The van der Waals surface area contributed by atoms with E-state index in [2.05, 4.69) is 15.3 Å². The van der Waals surface area contributed by atoms with Crippen LogP contribution in [-0.2, 0) is 6.18 Å². The molecule has 8 nitrogen and oxygen atoms in total. The topological polar surface area (TPSA) is 123 Å². The Morgan fingerprint density at radius 2 is 1.91 bits per heavy atom. The monoisotopic (exact) mass is 488 g/mol. The molecule has 0 saturated carbocycles. The Balaban J connectivity index is 1.64. The number of aromatic nitrogens is 2. The maximum Gasteiger partial charge on any atom is 0.418 e. The summed E-state index contributed by atoms with van der Waals surface area (Å²) in [5, 5.41) is 2.49. The van der Waals surface area contributed by atoms with Gasteiger partial charge in [0.2, 0.25) is 5.88 Å². The maximum absolute atomic E-state index is 13.3. The first-order chi connectivity index (χ1) is 15.8. The molecule has 2 atom stereocenters. The van der Waals surface area contributed by atoms with Crippen molar-refractivity contribution in [1.29, 1.82) is 0 Å². The van der Waals surface area contributed by atoms with E-state index in [0.29, 0.717) is 12.3 Å². The molecule has 4 rings (SSSR count). The van der Waals surface area contributed by atoms with Crippen LogP contribution in [0.2, 0.25) is 0 Å². The number of carbonyl (C=O) groups is 1. The number of nitrogens with two attached hydrogens (primary N) is 2. The van der Waals surface area contributed by atoms with Gasteiger partial charge in [0.25, 0.3) is 5.91 Å². The fourth-order valence-corrected chi connectivity index (χ4v) is 3.89. The predicted molar refractivity (Wildman–Crippen MR) is 110 cm³/mol. The first kappa shape index (κ1) is 23.6. The lowest BCUT2D eigenvalue weighted by atomic mass is 9.93. The number of anilines is 3. The van der Waals surface area contributed by atoms with Gasteiger partial charge in [-0.25, -0.2) is 0 Å². The molecule has 0 unspecified atom stereocenters. The summed E-state index contributed by atoms with van der Waals surface area (Å²) >= 11 is 0. The first-order valence-electron chi connectivity index (χ1n) is 9.92. The number of rotatable bonds is 3. The predicted octanol–water partition coefficient (Wildman–Crippen LogP) is 3.79. The molecular formula is C20H18F6N6O2. The zero-order valence-corrected chi connectivity index (χ0v) is 17.2. The van der Waals surface area contributed by atoms with Crippen molar-refractivity contribution < 1.29 is 35.6 Å². The largest absolute Gasteiger partial charge is 0.438 e. The zero-order valence-electron chi connectivity index (χ0n) is 17.2. The van der Waals surface area contributed by atoms with Crippen LogP contribution in [0.25, 0.3) is 11.1 Å². The van der Waals surface area contributed by atoms with Crippen LogP contribution >= 0.6 is 0 Å². The summed E-state index contributed by atoms with van der Waals surface area (Å²) < 4.78 is 83.9. The number of furan rings is 1. The van der Waals surface area contributed by atoms with E-state index in [1.165, 1.54) is 23.4 Å². The lowest BCUT2D eigenvalue weighted by molar-refractivity contribution is -0.177. The molecule has 1 saturated heterocycles. The van der Waals surface area contributed by atoms with E-state index in [9.17, 15) is 31.1 Å². The van der Waals surface area contributed by atoms with Gasteiger partial charge in [-0.3, -0.25) is 14.8 Å². The van der Waals surface area contributed by atoms with E-state index in [1.54, 1.807) is 0 Å². The van der Waals surface area contributed by atoms with Crippen molar-refractivity contribution in [2.45, 2.75) is 24.8 Å². The molecule has 5 N–H and O–H groups in total. The van der Waals surface area contributed by atoms with E-state index in [1.807, 2.05) is 0 Å². The molecule has 34 heavy (non-hydrogen) atoms. The van der Waals surface area contributed by atoms with Crippen molar-refractivity contribution in [3.05, 3.63) is 41.9 Å². The number of pyridine rings is 2. The van der Waals surface area contributed by atoms with Gasteiger partial charge >= 0.3 is 12.4 Å². The van der Waals surface area contributed by atoms with Crippen LogP contribution in [0, 0.1) is 5.92 Å². The molecule has 0 aliphatic carbocycles. The molecule has 1 aliphatic rings. The van der Waals surface area contributed by atoms with E-state index < -0.39 is 41.7 Å². The van der Waals surface area contributed by atoms with Crippen molar-refractivity contribution in [1.82, 2.24) is 9.97 Å². The number of hydrogen-bond donors (Lipinski definition) is 3. The lowest BCUT2D eigenvalue weighted by Gasteiger charge is -2.39. The summed E-state index contributed by atoms with van der Waals surface area (Å²) in [4.78, 5) is 21.9. The summed E-state index contributed by atoms with van der Waals surface area (Å²) in [5.41, 5.74) is 9.90. The SMILES string of the molecule is Nc1oc2cc(C(F)(F)F)cnc2c1C(=O)Nc1cnccc1N1C[C@H](N)C[C@H](C(F)(F)F)C1. The quantitative estimate of drug-likeness (QED) is 0.480. The molecule has 1 fully saturated rings. The molecule has 3 aromatic rings. The number of nitrogen functional groups attached to an aromatic ring is 1. The number of halogens is 6. The Kier molecular flexibility index (Phi) is 5.79. The van der Waals surface area contributed by atoms with Gasteiger partial charge in [-0.05, 0) is 18.6 Å². The van der Waals surface area contributed by atoms with Crippen LogP contribution in [0.5, 0.6) is 0 Å². The minimum atomic E-state index is -4.68. The number of alkyl halides is 6. The molecule has 3 aromatic heterocycles. The van der Waals surface area contributed by atoms with Gasteiger partial charge in [-0.2, -0.15) is 26.3 Å². The number of fused-ring (bicyclic) bond motifs is 1. The zero-order chi connectivity index (χ0) is 24.8. The summed E-state index contributed by atoms with van der Waals surface area (Å²) in [6.07, 6.45) is -6.25. The van der Waals surface area contributed by atoms with Crippen LogP contribution in [0.4, 0.5) is 43.6 Å². The molecule has 0 spiro atoms. The number of nitrogens with zero attached hydrogens (tertiary/aromatic N) is 3. The number of piperidine rings is 1. The minimum Gasteiger partial charge on any atom is -0.438 e. The van der Waals surface area contributed by atoms with Crippen molar-refractivity contribution in [3.8, 4) is 0 Å². The second kappa shape index (κ2) is 8.34. The van der Waals surface area contributed by atoms with Gasteiger partial charge in [0.1, 0.15) is 11.1 Å². The van der Waals surface area contributed by atoms with Crippen LogP contribution in [0.15, 0.2) is 35.1 Å². The third-order valence-corrected chi connectivity index (χ3v) is 5.44. The van der Waals surface area contributed by atoms with Crippen molar-refractivity contribution in [2.24, 2.45) is 11.7 Å². The first-order valence-corrected chi connectivity index (χ1v) is 9.92. The van der Waals surface area contributed by atoms with Crippen LogP contribution in [0.1, 0.15) is 22.3 Å². The van der Waals surface area contributed by atoms with Gasteiger partial charge in [-0.1, -0.05) is 0 Å². The normalized spacial score (nSPS) is 19.4. The van der Waals surface area contributed by atoms with E-state index in [-0.39, 0.29) is 47.5 Å². The fourth-order valence-electron chi connectivity index (χ4n) is 3.89. The highest BCUT2D eigenvalue weighted by atomic mass is 19.4. The number of amides is 1. The van der Waals surface area contributed by atoms with Gasteiger partial charge in [0.15, 0.2) is 5.58 Å². The van der Waals surface area contributed by atoms with Crippen LogP contribution in [0.3, 0.4) is 0 Å². The fraction of sp³-hybridized carbons (Fsp3) is 0.350. The second-order valence-corrected chi connectivity index (χ2v) is 7.90. The van der Waals surface area contributed by atoms with Crippen molar-refractivity contribution in [2.75, 3.05) is 29.0 Å². The Bertz CT molecular complexity index is 1220. The molecule has 182 valence electrons. The Hall–Kier alpha value is -3.55. The molecule has 0 bridgehead atoms. The van der Waals surface area contributed by atoms with Gasteiger partial charge in [0, 0.05) is 31.5 Å². The summed E-state index contributed by atoms with van der Waals surface area (Å²) in [6, 6.07) is 1.33. The molecule has 1 aliphatic heterocycles. The average molecular weight is 488 g/mol. The Morgan fingerprint density at radius 3 is 2.59 bits per heavy atom. The standard InChI is InChI=1S/C20H18F6N6O2/c21-19(22,23)9-4-14-16(30-5-9)15(17(28)34-14)18(33)31-12-6-29-2-1-13(12)32-7-10(20(24,25)26)3-11(27)8-32/h1-2,4-6,10-11H,3,7-8,27-28H2,(H,31,33)/t10-,11+/m0/s1. The second-order valence-electron chi connectivity index (χ2n) is 7.90. The van der Waals surface area contributed by atoms with E-state index in [0.717, 1.165) is 0 Å². The molecule has 0 aromatic carbocycles. The molecular weight excluding hydrogens is 470 g/mol. The summed E-state index contributed by atoms with van der Waals surface area (Å²) in [6.45, 7) is -0.263. The minimum absolute atomic E-state index is 0.0585. The highest BCUT2D eigenvalue weighted by molar-refractivity contribution is 6.15. The van der Waals surface area contributed by atoms with Crippen molar-refractivity contribution >= 4 is 34.3 Å². The summed E-state index contributed by atoms with van der Waals surface area (Å²) in [5.74, 6) is -3.01. The molecule has 14 heteroatoms. The van der Waals surface area contributed by atoms with Gasteiger partial charge < -0.3 is 26.1 Å². The molecule has 0 radical (unpaired) electrons. The maximum atomic E-state index is 13.3. The average Bonchev–Trinajstić information content (AvgIpc) is 3.07. The molecule has 1 amide bonds. The number of carbonyl (C=O) groups excluding carboxylic acids is 1. The highest BCUT2D eigenvalue weighted by Gasteiger charge is 2.44. The lowest BCUT2D eigenvalue weighted by Crippen LogP contribution is -2.51. The van der Waals surface area contributed by atoms with Crippen LogP contribution in [-0.4, -0.2) is 41.2 Å². The number of hydrogen-bond acceptors (Lipinski definition) is 7. The van der Waals surface area contributed by atoms with Crippen molar-refractivity contribution in [3.63, 3.8) is 0 Å². The van der Waals surface area contributed by atoms with Crippen LogP contribution < -0.4 is 21.7 Å². The third kappa shape index (κ3) is 4.58. The number of nitrogens with one attached hydrogen (secondary N) is 1. The van der Waals surface area contributed by atoms with Gasteiger partial charge in [-0.15, -0.1) is 0 Å². The Labute approximate surface area is 187 Å². The van der Waals surface area contributed by atoms with E-state index in [4.69, 9.17) is 15.9 Å². The highest BCUT2D eigenvalue weighted by Crippen LogP contribution is 2.37. The Morgan fingerprint density at radius 1 is 1.18 bits per heavy atom. The third-order valence-electron chi connectivity index (χ3n) is 5.44. The van der Waals surface area contributed by atoms with Gasteiger partial charge in [0.05, 0.1) is 29.1 Å². The summed E-state index contributed by atoms with van der Waals surface area (Å²) in [7, 11) is 0.